The summed E-state index contributed by atoms with van der Waals surface area (Å²) in [4.78, 5) is 13.1. The summed E-state index contributed by atoms with van der Waals surface area (Å²) in [5.74, 6) is 0.777. The Morgan fingerprint density at radius 2 is 1.77 bits per heavy atom. The lowest BCUT2D eigenvalue weighted by atomic mass is 9.97. The van der Waals surface area contributed by atoms with Gasteiger partial charge < -0.3 is 0 Å². The highest BCUT2D eigenvalue weighted by Gasteiger charge is 2.32. The van der Waals surface area contributed by atoms with Gasteiger partial charge in [-0.05, 0) is 43.5 Å². The molecule has 4 rings (SSSR count). The SMILES string of the molecule is CCn1c(C2CCN(S(=O)(=O)c3cccc(Cl)c3)CC2)nn(Cc2ccccc2)c1=O. The van der Waals surface area contributed by atoms with Crippen LogP contribution in [-0.2, 0) is 23.1 Å². The van der Waals surface area contributed by atoms with Gasteiger partial charge >= 0.3 is 5.69 Å². The lowest BCUT2D eigenvalue weighted by Crippen LogP contribution is -2.38. The van der Waals surface area contributed by atoms with Gasteiger partial charge in [0.05, 0.1) is 11.4 Å². The van der Waals surface area contributed by atoms with Crippen LogP contribution < -0.4 is 5.69 Å². The lowest BCUT2D eigenvalue weighted by Gasteiger charge is -2.30. The molecule has 0 amide bonds. The summed E-state index contributed by atoms with van der Waals surface area (Å²) in [6.07, 6.45) is 1.23. The molecule has 2 heterocycles. The fraction of sp³-hybridized carbons (Fsp3) is 0.364. The van der Waals surface area contributed by atoms with Crippen molar-refractivity contribution in [3.05, 3.63) is 81.5 Å². The second-order valence-electron chi connectivity index (χ2n) is 7.66. The first kappa shape index (κ1) is 21.8. The smallest absolute Gasteiger partial charge is 0.279 e. The Morgan fingerprint density at radius 1 is 1.06 bits per heavy atom. The van der Waals surface area contributed by atoms with Crippen LogP contribution >= 0.6 is 11.6 Å². The quantitative estimate of drug-likeness (QED) is 0.565. The molecular formula is C22H25ClN4O3S. The van der Waals surface area contributed by atoms with Crippen LogP contribution in [-0.4, -0.2) is 40.2 Å². The van der Waals surface area contributed by atoms with Gasteiger partial charge in [0.25, 0.3) is 0 Å². The summed E-state index contributed by atoms with van der Waals surface area (Å²) in [6.45, 7) is 3.63. The summed E-state index contributed by atoms with van der Waals surface area (Å²) in [6, 6.07) is 16.1. The van der Waals surface area contributed by atoms with Crippen molar-refractivity contribution in [3.8, 4) is 0 Å². The molecule has 0 aliphatic carbocycles. The molecule has 0 atom stereocenters. The van der Waals surface area contributed by atoms with Crippen LogP contribution in [0, 0.1) is 0 Å². The van der Waals surface area contributed by atoms with Crippen molar-refractivity contribution >= 4 is 21.6 Å². The van der Waals surface area contributed by atoms with Gasteiger partial charge in [-0.15, -0.1) is 0 Å². The number of hydrogen-bond acceptors (Lipinski definition) is 4. The van der Waals surface area contributed by atoms with E-state index in [1.165, 1.54) is 15.1 Å². The molecule has 0 saturated carbocycles. The van der Waals surface area contributed by atoms with E-state index in [0.717, 1.165) is 11.4 Å². The number of benzene rings is 2. The first-order valence-corrected chi connectivity index (χ1v) is 12.2. The van der Waals surface area contributed by atoms with Gasteiger partial charge in [-0.3, -0.25) is 4.57 Å². The van der Waals surface area contributed by atoms with Crippen molar-refractivity contribution < 1.29 is 8.42 Å². The van der Waals surface area contributed by atoms with E-state index >= 15 is 0 Å². The third-order valence-corrected chi connectivity index (χ3v) is 7.83. The van der Waals surface area contributed by atoms with Gasteiger partial charge in [0.2, 0.25) is 10.0 Å². The Kier molecular flexibility index (Phi) is 6.31. The molecule has 1 aliphatic rings. The van der Waals surface area contributed by atoms with Crippen LogP contribution in [0.5, 0.6) is 0 Å². The molecule has 0 radical (unpaired) electrons. The number of sulfonamides is 1. The summed E-state index contributed by atoms with van der Waals surface area (Å²) in [5, 5.41) is 5.03. The average Bonchev–Trinajstić information content (AvgIpc) is 3.09. The molecule has 0 bridgehead atoms. The molecule has 164 valence electrons. The molecule has 9 heteroatoms. The third-order valence-electron chi connectivity index (χ3n) is 5.70. The van der Waals surface area contributed by atoms with Crippen molar-refractivity contribution in [1.82, 2.24) is 18.7 Å². The van der Waals surface area contributed by atoms with Gasteiger partial charge in [0.1, 0.15) is 5.82 Å². The molecule has 1 aromatic heterocycles. The molecule has 3 aromatic rings. The number of rotatable bonds is 6. The Bertz CT molecular complexity index is 1210. The van der Waals surface area contributed by atoms with Crippen molar-refractivity contribution in [2.24, 2.45) is 0 Å². The zero-order valence-corrected chi connectivity index (χ0v) is 18.9. The minimum absolute atomic E-state index is 0.0375. The van der Waals surface area contributed by atoms with Crippen molar-refractivity contribution in [2.75, 3.05) is 13.1 Å². The number of halogens is 1. The zero-order valence-electron chi connectivity index (χ0n) is 17.3. The molecule has 1 aliphatic heterocycles. The minimum Gasteiger partial charge on any atom is -0.279 e. The topological polar surface area (TPSA) is 77.2 Å². The maximum atomic E-state index is 13.0. The van der Waals surface area contributed by atoms with E-state index in [-0.39, 0.29) is 16.5 Å². The molecule has 0 N–H and O–H groups in total. The second kappa shape index (κ2) is 8.98. The van der Waals surface area contributed by atoms with Crippen LogP contribution in [0.15, 0.2) is 64.3 Å². The first-order chi connectivity index (χ1) is 14.9. The number of nitrogens with zero attached hydrogens (tertiary/aromatic N) is 4. The highest BCUT2D eigenvalue weighted by Crippen LogP contribution is 2.30. The van der Waals surface area contributed by atoms with E-state index in [1.807, 2.05) is 37.3 Å². The average molecular weight is 461 g/mol. The summed E-state index contributed by atoms with van der Waals surface area (Å²) in [7, 11) is -3.59. The minimum atomic E-state index is -3.59. The van der Waals surface area contributed by atoms with Gasteiger partial charge in [-0.1, -0.05) is 48.0 Å². The molecule has 7 nitrogen and oxygen atoms in total. The lowest BCUT2D eigenvalue weighted by molar-refractivity contribution is 0.308. The Morgan fingerprint density at radius 3 is 2.42 bits per heavy atom. The van der Waals surface area contributed by atoms with E-state index in [0.29, 0.717) is 44.0 Å². The van der Waals surface area contributed by atoms with Crippen molar-refractivity contribution in [2.45, 2.75) is 43.7 Å². The molecule has 1 saturated heterocycles. The van der Waals surface area contributed by atoms with Crippen LogP contribution in [0.3, 0.4) is 0 Å². The van der Waals surface area contributed by atoms with Crippen LogP contribution in [0.2, 0.25) is 5.02 Å². The van der Waals surface area contributed by atoms with E-state index in [2.05, 4.69) is 5.10 Å². The summed E-state index contributed by atoms with van der Waals surface area (Å²) in [5.41, 5.74) is 0.884. The maximum Gasteiger partial charge on any atom is 0.346 e. The van der Waals surface area contributed by atoms with Gasteiger partial charge in [-0.25, -0.2) is 17.9 Å². The zero-order chi connectivity index (χ0) is 22.0. The highest BCUT2D eigenvalue weighted by atomic mass is 35.5. The predicted octanol–water partition coefficient (Wildman–Crippen LogP) is 3.33. The number of aromatic nitrogens is 3. The fourth-order valence-electron chi connectivity index (χ4n) is 4.05. The monoisotopic (exact) mass is 460 g/mol. The molecule has 0 unspecified atom stereocenters. The fourth-order valence-corrected chi connectivity index (χ4v) is 5.82. The van der Waals surface area contributed by atoms with E-state index in [4.69, 9.17) is 11.6 Å². The van der Waals surface area contributed by atoms with Crippen LogP contribution in [0.1, 0.15) is 37.1 Å². The largest absolute Gasteiger partial charge is 0.346 e. The van der Waals surface area contributed by atoms with Crippen molar-refractivity contribution in [3.63, 3.8) is 0 Å². The summed E-state index contributed by atoms with van der Waals surface area (Å²) < 4.78 is 30.6. The molecule has 1 fully saturated rings. The predicted molar refractivity (Wildman–Crippen MR) is 120 cm³/mol. The van der Waals surface area contributed by atoms with Crippen LogP contribution in [0.4, 0.5) is 0 Å². The van der Waals surface area contributed by atoms with E-state index in [1.54, 1.807) is 22.8 Å². The number of piperidine rings is 1. The standard InChI is InChI=1S/C22H25ClN4O3S/c1-2-26-21(24-27(22(26)28)16-17-7-4-3-5-8-17)18-11-13-25(14-12-18)31(29,30)20-10-6-9-19(23)15-20/h3-10,15,18H,2,11-14,16H2,1H3. The summed E-state index contributed by atoms with van der Waals surface area (Å²) >= 11 is 5.98. The van der Waals surface area contributed by atoms with E-state index in [9.17, 15) is 13.2 Å². The highest BCUT2D eigenvalue weighted by molar-refractivity contribution is 7.89. The molecular weight excluding hydrogens is 436 g/mol. The second-order valence-corrected chi connectivity index (χ2v) is 10.0. The maximum absolute atomic E-state index is 13.0. The van der Waals surface area contributed by atoms with E-state index < -0.39 is 10.0 Å². The Labute approximate surface area is 186 Å². The first-order valence-electron chi connectivity index (χ1n) is 10.4. The molecule has 31 heavy (non-hydrogen) atoms. The van der Waals surface area contributed by atoms with Gasteiger partial charge in [-0.2, -0.15) is 9.40 Å². The molecule has 2 aromatic carbocycles. The van der Waals surface area contributed by atoms with Gasteiger partial charge in [0.15, 0.2) is 0 Å². The van der Waals surface area contributed by atoms with Gasteiger partial charge in [0, 0.05) is 30.6 Å². The Balaban J connectivity index is 1.52. The number of hydrogen-bond donors (Lipinski definition) is 0. The van der Waals surface area contributed by atoms with Crippen molar-refractivity contribution in [1.29, 1.82) is 0 Å². The molecule has 0 spiro atoms. The van der Waals surface area contributed by atoms with Crippen LogP contribution in [0.25, 0.3) is 0 Å². The normalized spacial score (nSPS) is 15.9. The Hall–Kier alpha value is -2.42. The third kappa shape index (κ3) is 4.46.